The van der Waals surface area contributed by atoms with Gasteiger partial charge in [0, 0.05) is 21.7 Å². The zero-order valence-corrected chi connectivity index (χ0v) is 16.5. The quantitative estimate of drug-likeness (QED) is 0.246. The predicted octanol–water partition coefficient (Wildman–Crippen LogP) is 6.13. The molecule has 140 valence electrons. The number of nitrogens with zero attached hydrogens (tertiary/aromatic N) is 2. The number of rotatable bonds is 4. The standard InChI is InChI=1S/C23H13ClN2O2S/c24-15-11-9-14(10-12-15)21(27)16-5-1-2-6-17(16)22(28)18(13-25)23-26-19-7-3-4-8-20(19)29-23/h1-12,28H/b22-18-. The van der Waals surface area contributed by atoms with Crippen molar-refractivity contribution in [1.82, 2.24) is 4.98 Å². The first-order valence-electron chi connectivity index (χ1n) is 8.67. The first-order chi connectivity index (χ1) is 14.1. The van der Waals surface area contributed by atoms with Gasteiger partial charge in [-0.25, -0.2) is 4.98 Å². The van der Waals surface area contributed by atoms with E-state index in [0.717, 1.165) is 10.2 Å². The molecule has 3 aromatic carbocycles. The van der Waals surface area contributed by atoms with Gasteiger partial charge in [-0.1, -0.05) is 48.0 Å². The number of thiazole rings is 1. The van der Waals surface area contributed by atoms with Gasteiger partial charge < -0.3 is 5.11 Å². The summed E-state index contributed by atoms with van der Waals surface area (Å²) in [5.41, 5.74) is 1.79. The zero-order chi connectivity index (χ0) is 20.4. The topological polar surface area (TPSA) is 74.0 Å². The third kappa shape index (κ3) is 3.64. The molecule has 4 rings (SSSR count). The van der Waals surface area contributed by atoms with Crippen LogP contribution in [0.4, 0.5) is 0 Å². The first kappa shape index (κ1) is 18.9. The van der Waals surface area contributed by atoms with Crippen molar-refractivity contribution in [2.45, 2.75) is 0 Å². The number of ketones is 1. The van der Waals surface area contributed by atoms with Gasteiger partial charge in [0.25, 0.3) is 0 Å². The second kappa shape index (κ2) is 7.88. The third-order valence-corrected chi connectivity index (χ3v) is 5.70. The molecule has 1 heterocycles. The van der Waals surface area contributed by atoms with Crippen molar-refractivity contribution in [3.63, 3.8) is 0 Å². The number of hydrogen-bond acceptors (Lipinski definition) is 5. The highest BCUT2D eigenvalue weighted by Crippen LogP contribution is 2.32. The summed E-state index contributed by atoms with van der Waals surface area (Å²) in [5, 5.41) is 21.6. The molecule has 0 fully saturated rings. The lowest BCUT2D eigenvalue weighted by atomic mass is 9.96. The maximum Gasteiger partial charge on any atom is 0.193 e. The van der Waals surface area contributed by atoms with E-state index in [2.05, 4.69) is 4.98 Å². The van der Waals surface area contributed by atoms with Crippen molar-refractivity contribution in [1.29, 1.82) is 5.26 Å². The Bertz CT molecular complexity index is 1270. The second-order valence-electron chi connectivity index (χ2n) is 6.20. The van der Waals surface area contributed by atoms with Crippen molar-refractivity contribution in [2.24, 2.45) is 0 Å². The number of para-hydroxylation sites is 1. The number of allylic oxidation sites excluding steroid dienone is 1. The SMILES string of the molecule is N#C/C(=C(/O)c1ccccc1C(=O)c1ccc(Cl)cc1)c1nc2ccccc2s1. The van der Waals surface area contributed by atoms with Crippen molar-refractivity contribution < 1.29 is 9.90 Å². The van der Waals surface area contributed by atoms with Gasteiger partial charge in [-0.15, -0.1) is 11.3 Å². The summed E-state index contributed by atoms with van der Waals surface area (Å²) >= 11 is 7.22. The summed E-state index contributed by atoms with van der Waals surface area (Å²) in [5.74, 6) is -0.546. The third-order valence-electron chi connectivity index (χ3n) is 4.39. The molecule has 6 heteroatoms. The maximum absolute atomic E-state index is 13.0. The number of aliphatic hydroxyl groups excluding tert-OH is 1. The van der Waals surface area contributed by atoms with Crippen molar-refractivity contribution in [3.8, 4) is 6.07 Å². The van der Waals surface area contributed by atoms with Crippen LogP contribution in [-0.2, 0) is 0 Å². The maximum atomic E-state index is 13.0. The van der Waals surface area contributed by atoms with E-state index in [1.807, 2.05) is 30.3 Å². The molecule has 0 saturated carbocycles. The predicted molar refractivity (Wildman–Crippen MR) is 116 cm³/mol. The smallest absolute Gasteiger partial charge is 0.193 e. The molecular formula is C23H13ClN2O2S. The Balaban J connectivity index is 1.84. The molecule has 0 bridgehead atoms. The van der Waals surface area contributed by atoms with E-state index in [1.54, 1.807) is 48.5 Å². The van der Waals surface area contributed by atoms with Crippen molar-refractivity contribution >= 4 is 50.3 Å². The highest BCUT2D eigenvalue weighted by molar-refractivity contribution is 7.19. The molecule has 0 atom stereocenters. The highest BCUT2D eigenvalue weighted by Gasteiger charge is 2.20. The van der Waals surface area contributed by atoms with E-state index in [-0.39, 0.29) is 22.7 Å². The van der Waals surface area contributed by atoms with Crippen LogP contribution in [0.5, 0.6) is 0 Å². The Morgan fingerprint density at radius 3 is 2.31 bits per heavy atom. The number of benzene rings is 3. The Morgan fingerprint density at radius 2 is 1.62 bits per heavy atom. The van der Waals surface area contributed by atoms with Crippen LogP contribution in [0.1, 0.15) is 26.5 Å². The fourth-order valence-electron chi connectivity index (χ4n) is 2.96. The normalized spacial score (nSPS) is 11.7. The average Bonchev–Trinajstić information content (AvgIpc) is 3.18. The van der Waals surface area contributed by atoms with Gasteiger partial charge in [-0.3, -0.25) is 4.79 Å². The molecular weight excluding hydrogens is 404 g/mol. The highest BCUT2D eigenvalue weighted by atomic mass is 35.5. The number of carbonyl (C=O) groups is 1. The molecule has 0 aliphatic heterocycles. The summed E-state index contributed by atoms with van der Waals surface area (Å²) in [4.78, 5) is 17.4. The molecule has 0 aliphatic carbocycles. The fraction of sp³-hybridized carbons (Fsp3) is 0. The molecule has 0 aliphatic rings. The molecule has 0 amide bonds. The number of fused-ring (bicyclic) bond motifs is 1. The van der Waals surface area contributed by atoms with Gasteiger partial charge in [0.2, 0.25) is 0 Å². The van der Waals surface area contributed by atoms with Crippen LogP contribution in [0.15, 0.2) is 72.8 Å². The fourth-order valence-corrected chi connectivity index (χ4v) is 4.05. The average molecular weight is 417 g/mol. The largest absolute Gasteiger partial charge is 0.506 e. The van der Waals surface area contributed by atoms with Crippen LogP contribution < -0.4 is 0 Å². The molecule has 0 unspecified atom stereocenters. The Kier molecular flexibility index (Phi) is 5.13. The molecule has 4 nitrogen and oxygen atoms in total. The zero-order valence-electron chi connectivity index (χ0n) is 15.0. The van der Waals surface area contributed by atoms with Gasteiger partial charge in [0.15, 0.2) is 5.78 Å². The van der Waals surface area contributed by atoms with Crippen molar-refractivity contribution in [3.05, 3.63) is 99.5 Å². The number of aliphatic hydroxyl groups is 1. The number of carbonyl (C=O) groups excluding carboxylic acids is 1. The Morgan fingerprint density at radius 1 is 0.966 bits per heavy atom. The lowest BCUT2D eigenvalue weighted by Gasteiger charge is -2.09. The minimum atomic E-state index is -0.274. The lowest BCUT2D eigenvalue weighted by Crippen LogP contribution is -2.06. The monoisotopic (exact) mass is 416 g/mol. The molecule has 4 aromatic rings. The Labute approximate surface area is 176 Å². The summed E-state index contributed by atoms with van der Waals surface area (Å²) in [6.45, 7) is 0. The number of nitriles is 1. The summed E-state index contributed by atoms with van der Waals surface area (Å²) in [7, 11) is 0. The van der Waals surface area contributed by atoms with Gasteiger partial charge in [-0.05, 0) is 36.4 Å². The lowest BCUT2D eigenvalue weighted by molar-refractivity contribution is 0.103. The van der Waals surface area contributed by atoms with Crippen LogP contribution in [0, 0.1) is 11.3 Å². The summed E-state index contributed by atoms with van der Waals surface area (Å²) in [6, 6.07) is 22.7. The molecule has 0 saturated heterocycles. The van der Waals surface area contributed by atoms with Gasteiger partial charge in [-0.2, -0.15) is 5.26 Å². The van der Waals surface area contributed by atoms with Crippen LogP contribution in [-0.4, -0.2) is 15.9 Å². The molecule has 0 spiro atoms. The molecule has 1 aromatic heterocycles. The van der Waals surface area contributed by atoms with Gasteiger partial charge >= 0.3 is 0 Å². The van der Waals surface area contributed by atoms with Crippen LogP contribution in [0.2, 0.25) is 5.02 Å². The number of hydrogen-bond donors (Lipinski definition) is 1. The van der Waals surface area contributed by atoms with Gasteiger partial charge in [0.1, 0.15) is 22.4 Å². The molecule has 29 heavy (non-hydrogen) atoms. The summed E-state index contributed by atoms with van der Waals surface area (Å²) < 4.78 is 0.911. The van der Waals surface area contributed by atoms with Gasteiger partial charge in [0.05, 0.1) is 10.2 Å². The van der Waals surface area contributed by atoms with Crippen molar-refractivity contribution in [2.75, 3.05) is 0 Å². The van der Waals surface area contributed by atoms with Crippen LogP contribution in [0.25, 0.3) is 21.5 Å². The Hall–Kier alpha value is -3.46. The van der Waals surface area contributed by atoms with E-state index in [9.17, 15) is 15.2 Å². The van der Waals surface area contributed by atoms with E-state index < -0.39 is 0 Å². The van der Waals surface area contributed by atoms with Crippen LogP contribution in [0.3, 0.4) is 0 Å². The first-order valence-corrected chi connectivity index (χ1v) is 9.87. The minimum Gasteiger partial charge on any atom is -0.506 e. The summed E-state index contributed by atoms with van der Waals surface area (Å²) in [6.07, 6.45) is 0. The number of aromatic nitrogens is 1. The second-order valence-corrected chi connectivity index (χ2v) is 7.67. The van der Waals surface area contributed by atoms with E-state index in [4.69, 9.17) is 11.6 Å². The number of halogens is 1. The van der Waals surface area contributed by atoms with E-state index in [0.29, 0.717) is 21.2 Å². The van der Waals surface area contributed by atoms with Crippen LogP contribution >= 0.6 is 22.9 Å². The molecule has 0 radical (unpaired) electrons. The minimum absolute atomic E-state index is 0.0301. The molecule has 1 N–H and O–H groups in total. The van der Waals surface area contributed by atoms with E-state index in [1.165, 1.54) is 11.3 Å². The van der Waals surface area contributed by atoms with E-state index >= 15 is 0 Å².